The van der Waals surface area contributed by atoms with Gasteiger partial charge in [-0.05, 0) is 99.5 Å². The summed E-state index contributed by atoms with van der Waals surface area (Å²) in [6.07, 6.45) is 1.70. The van der Waals surface area contributed by atoms with Crippen molar-refractivity contribution in [1.82, 2.24) is 10.2 Å². The quantitative estimate of drug-likeness (QED) is 0.263. The number of hydrogen-bond acceptors (Lipinski definition) is 7. The second kappa shape index (κ2) is 12.2. The lowest BCUT2D eigenvalue weighted by atomic mass is 9.82. The molecule has 3 aromatic rings. The van der Waals surface area contributed by atoms with Crippen LogP contribution in [-0.4, -0.2) is 48.4 Å². The number of thioether (sulfide) groups is 1. The molecule has 5 rings (SSSR count). The zero-order chi connectivity index (χ0) is 30.0. The number of likely N-dealkylation sites (N-methyl/N-ethyl adjacent to an activating group) is 1. The van der Waals surface area contributed by atoms with Gasteiger partial charge in [0.2, 0.25) is 0 Å². The summed E-state index contributed by atoms with van der Waals surface area (Å²) in [5.74, 6) is 2.50. The number of amides is 2. The van der Waals surface area contributed by atoms with E-state index in [1.165, 1.54) is 5.56 Å². The number of rotatable bonds is 10. The van der Waals surface area contributed by atoms with Crippen molar-refractivity contribution in [3.8, 4) is 17.2 Å². The minimum absolute atomic E-state index is 0.167. The van der Waals surface area contributed by atoms with E-state index in [2.05, 4.69) is 64.0 Å². The Morgan fingerprint density at radius 1 is 0.976 bits per heavy atom. The molecule has 0 radical (unpaired) electrons. The van der Waals surface area contributed by atoms with Crippen LogP contribution in [0.2, 0.25) is 0 Å². The van der Waals surface area contributed by atoms with Gasteiger partial charge in [0, 0.05) is 24.6 Å². The van der Waals surface area contributed by atoms with E-state index in [-0.39, 0.29) is 22.7 Å². The molecule has 7 nitrogen and oxygen atoms in total. The van der Waals surface area contributed by atoms with Crippen LogP contribution in [0.5, 0.6) is 17.2 Å². The molecule has 0 saturated carbocycles. The number of nitrogens with zero attached hydrogens (tertiary/aromatic N) is 1. The van der Waals surface area contributed by atoms with Crippen LogP contribution in [0.25, 0.3) is 6.08 Å². The highest BCUT2D eigenvalue weighted by Gasteiger charge is 2.44. The van der Waals surface area contributed by atoms with Crippen molar-refractivity contribution >= 4 is 29.0 Å². The van der Waals surface area contributed by atoms with Gasteiger partial charge in [0.15, 0.2) is 0 Å². The molecule has 1 unspecified atom stereocenters. The molecule has 2 heterocycles. The maximum atomic E-state index is 11.8. The Morgan fingerprint density at radius 3 is 2.36 bits per heavy atom. The maximum absolute atomic E-state index is 11.8. The van der Waals surface area contributed by atoms with E-state index in [0.717, 1.165) is 69.9 Å². The number of hydrogen-bond donors (Lipinski definition) is 1. The molecule has 1 N–H and O–H groups in total. The topological polar surface area (TPSA) is 77.1 Å². The fraction of sp³-hybridized carbons (Fsp3) is 0.353. The van der Waals surface area contributed by atoms with Gasteiger partial charge < -0.3 is 19.1 Å². The highest BCUT2D eigenvalue weighted by Crippen LogP contribution is 2.52. The first kappa shape index (κ1) is 29.7. The van der Waals surface area contributed by atoms with E-state index in [1.54, 1.807) is 6.08 Å². The Hall–Kier alpha value is -3.75. The summed E-state index contributed by atoms with van der Waals surface area (Å²) < 4.78 is 19.0. The summed E-state index contributed by atoms with van der Waals surface area (Å²) in [7, 11) is 2.11. The van der Waals surface area contributed by atoms with Gasteiger partial charge in [0.1, 0.15) is 36.1 Å². The summed E-state index contributed by atoms with van der Waals surface area (Å²) in [5.41, 5.74) is 6.27. The van der Waals surface area contributed by atoms with E-state index in [4.69, 9.17) is 14.2 Å². The molecule has 0 spiro atoms. The maximum Gasteiger partial charge on any atom is 0.290 e. The largest absolute Gasteiger partial charge is 0.492 e. The van der Waals surface area contributed by atoms with Crippen molar-refractivity contribution in [2.45, 2.75) is 52.7 Å². The van der Waals surface area contributed by atoms with Crippen LogP contribution in [-0.2, 0) is 11.4 Å². The third-order valence-corrected chi connectivity index (χ3v) is 8.88. The van der Waals surface area contributed by atoms with Gasteiger partial charge >= 0.3 is 0 Å². The summed E-state index contributed by atoms with van der Waals surface area (Å²) >= 11 is 0.911. The Bertz CT molecular complexity index is 1520. The van der Waals surface area contributed by atoms with Gasteiger partial charge in [-0.15, -0.1) is 0 Å². The van der Waals surface area contributed by atoms with E-state index in [9.17, 15) is 9.59 Å². The minimum Gasteiger partial charge on any atom is -0.492 e. The first-order valence-electron chi connectivity index (χ1n) is 14.2. The van der Waals surface area contributed by atoms with Gasteiger partial charge in [-0.3, -0.25) is 14.9 Å². The van der Waals surface area contributed by atoms with Crippen molar-refractivity contribution in [2.24, 2.45) is 0 Å². The highest BCUT2D eigenvalue weighted by atomic mass is 32.2. The first-order valence-corrected chi connectivity index (χ1v) is 15.0. The molecule has 0 bridgehead atoms. The van der Waals surface area contributed by atoms with Gasteiger partial charge in [-0.25, -0.2) is 0 Å². The predicted molar refractivity (Wildman–Crippen MR) is 167 cm³/mol. The molecule has 1 atom stereocenters. The van der Waals surface area contributed by atoms with Crippen LogP contribution in [0.1, 0.15) is 53.1 Å². The van der Waals surface area contributed by atoms with Crippen molar-refractivity contribution in [3.05, 3.63) is 92.9 Å². The molecular formula is C34H38N2O5S. The third kappa shape index (κ3) is 6.35. The van der Waals surface area contributed by atoms with Crippen LogP contribution in [0.15, 0.2) is 59.5 Å². The zero-order valence-electron chi connectivity index (χ0n) is 25.1. The van der Waals surface area contributed by atoms with Crippen molar-refractivity contribution in [2.75, 3.05) is 26.7 Å². The van der Waals surface area contributed by atoms with Gasteiger partial charge in [0.25, 0.3) is 11.1 Å². The Labute approximate surface area is 252 Å². The Kier molecular flexibility index (Phi) is 8.66. The number of imide groups is 1. The van der Waals surface area contributed by atoms with Crippen LogP contribution in [0.3, 0.4) is 0 Å². The molecule has 1 fully saturated rings. The highest BCUT2D eigenvalue weighted by molar-refractivity contribution is 8.18. The summed E-state index contributed by atoms with van der Waals surface area (Å²) in [4.78, 5) is 25.8. The number of fused-ring (bicyclic) bond motifs is 1. The van der Waals surface area contributed by atoms with Crippen LogP contribution in [0.4, 0.5) is 4.79 Å². The van der Waals surface area contributed by atoms with Crippen LogP contribution < -0.4 is 19.5 Å². The number of nitrogens with one attached hydrogen (secondary N) is 1. The standard InChI is InChI=1S/C34H38N2O5S/c1-21-22(2)31-29(23(3)30(21)40-20-25-10-8-7-9-11-25)27(34(4,5)41-31)19-36(6)16-17-39-26-14-12-24(13-15-26)18-28-32(37)35-33(38)42-28/h7-15,18,27H,16-17,19-20H2,1-6H3,(H,35,37,38)/b28-18+. The number of ether oxygens (including phenoxy) is 3. The van der Waals surface area contributed by atoms with Gasteiger partial charge in [0.05, 0.1) is 4.91 Å². The molecule has 2 aliphatic heterocycles. The number of carbonyl (C=O) groups excluding carboxylic acids is 2. The molecule has 1 saturated heterocycles. The third-order valence-electron chi connectivity index (χ3n) is 8.07. The number of carbonyl (C=O) groups is 2. The molecule has 42 heavy (non-hydrogen) atoms. The van der Waals surface area contributed by atoms with E-state index in [0.29, 0.717) is 18.1 Å². The lowest BCUT2D eigenvalue weighted by molar-refractivity contribution is -0.115. The lowest BCUT2D eigenvalue weighted by Gasteiger charge is -2.30. The SMILES string of the molecule is Cc1c(C)c2c(c(C)c1OCc1ccccc1)C(CN(C)CCOc1ccc(/C=C3/SC(=O)NC3=O)cc1)C(C)(C)O2. The minimum atomic E-state index is -0.360. The Balaban J connectivity index is 1.23. The average molecular weight is 587 g/mol. The normalized spacial score (nSPS) is 18.3. The summed E-state index contributed by atoms with van der Waals surface area (Å²) in [5, 5.41) is 1.93. The second-order valence-electron chi connectivity index (χ2n) is 11.5. The monoisotopic (exact) mass is 586 g/mol. The number of benzene rings is 3. The first-order chi connectivity index (χ1) is 20.0. The van der Waals surface area contributed by atoms with Crippen molar-refractivity contribution in [1.29, 1.82) is 0 Å². The average Bonchev–Trinajstić information content (AvgIpc) is 3.42. The van der Waals surface area contributed by atoms with E-state index >= 15 is 0 Å². The molecule has 0 aliphatic carbocycles. The van der Waals surface area contributed by atoms with Crippen LogP contribution >= 0.6 is 11.8 Å². The molecule has 3 aromatic carbocycles. The molecule has 2 aliphatic rings. The zero-order valence-corrected chi connectivity index (χ0v) is 25.9. The van der Waals surface area contributed by atoms with Gasteiger partial charge in [-0.2, -0.15) is 0 Å². The molecule has 2 amide bonds. The fourth-order valence-electron chi connectivity index (χ4n) is 5.56. The predicted octanol–water partition coefficient (Wildman–Crippen LogP) is 6.78. The van der Waals surface area contributed by atoms with Crippen molar-refractivity contribution in [3.63, 3.8) is 0 Å². The molecule has 0 aromatic heterocycles. The second-order valence-corrected chi connectivity index (χ2v) is 12.5. The van der Waals surface area contributed by atoms with E-state index < -0.39 is 0 Å². The molecular weight excluding hydrogens is 548 g/mol. The van der Waals surface area contributed by atoms with E-state index in [1.807, 2.05) is 42.5 Å². The fourth-order valence-corrected chi connectivity index (χ4v) is 6.24. The van der Waals surface area contributed by atoms with Gasteiger partial charge in [-0.1, -0.05) is 42.5 Å². The molecule has 8 heteroatoms. The Morgan fingerprint density at radius 2 is 1.69 bits per heavy atom. The smallest absolute Gasteiger partial charge is 0.290 e. The summed E-state index contributed by atoms with van der Waals surface area (Å²) in [6.45, 7) is 13.3. The lowest BCUT2D eigenvalue weighted by Crippen LogP contribution is -2.38. The van der Waals surface area contributed by atoms with Crippen LogP contribution in [0, 0.1) is 20.8 Å². The molecule has 220 valence electrons. The summed E-state index contributed by atoms with van der Waals surface area (Å²) in [6, 6.07) is 17.8. The van der Waals surface area contributed by atoms with Crippen molar-refractivity contribution < 1.29 is 23.8 Å².